The van der Waals surface area contributed by atoms with E-state index in [9.17, 15) is 0 Å². The minimum Gasteiger partial charge on any atom is -0.391 e. The molecule has 1 aromatic carbocycles. The average Bonchev–Trinajstić information content (AvgIpc) is 2.36. The SMILES string of the molecule is C=C(C)c1ccc2c(c1)C=CC(C(=C)NC)S2. The third-order valence-electron chi connectivity index (χ3n) is 2.87. The van der Waals surface area contributed by atoms with Gasteiger partial charge in [-0.3, -0.25) is 0 Å². The Morgan fingerprint density at radius 2 is 2.12 bits per heavy atom. The third-order valence-corrected chi connectivity index (χ3v) is 4.19. The molecule has 0 aliphatic carbocycles. The normalized spacial score (nSPS) is 17.4. The Balaban J connectivity index is 2.30. The topological polar surface area (TPSA) is 12.0 Å². The van der Waals surface area contributed by atoms with E-state index in [-0.39, 0.29) is 0 Å². The van der Waals surface area contributed by atoms with Gasteiger partial charge in [-0.05, 0) is 30.2 Å². The molecule has 0 aromatic heterocycles. The van der Waals surface area contributed by atoms with E-state index < -0.39 is 0 Å². The Bertz CT molecular complexity index is 500. The summed E-state index contributed by atoms with van der Waals surface area (Å²) in [4.78, 5) is 1.30. The lowest BCUT2D eigenvalue weighted by atomic mass is 10.0. The molecule has 88 valence electrons. The van der Waals surface area contributed by atoms with Gasteiger partial charge in [0, 0.05) is 17.6 Å². The lowest BCUT2D eigenvalue weighted by Gasteiger charge is -2.21. The van der Waals surface area contributed by atoms with Gasteiger partial charge in [0.1, 0.15) is 0 Å². The molecule has 0 spiro atoms. The van der Waals surface area contributed by atoms with Crippen LogP contribution in [0.3, 0.4) is 0 Å². The van der Waals surface area contributed by atoms with Crippen LogP contribution < -0.4 is 5.32 Å². The summed E-state index contributed by atoms with van der Waals surface area (Å²) in [6.45, 7) is 10.0. The van der Waals surface area contributed by atoms with Crippen molar-refractivity contribution in [3.63, 3.8) is 0 Å². The fourth-order valence-electron chi connectivity index (χ4n) is 1.75. The minimum atomic E-state index is 0.322. The number of benzene rings is 1. The van der Waals surface area contributed by atoms with E-state index in [1.54, 1.807) is 0 Å². The van der Waals surface area contributed by atoms with Crippen LogP contribution in [-0.4, -0.2) is 12.3 Å². The maximum Gasteiger partial charge on any atom is 0.0669 e. The monoisotopic (exact) mass is 243 g/mol. The van der Waals surface area contributed by atoms with Crippen LogP contribution in [0.25, 0.3) is 11.6 Å². The highest BCUT2D eigenvalue weighted by Gasteiger charge is 2.16. The summed E-state index contributed by atoms with van der Waals surface area (Å²) < 4.78 is 0. The Labute approximate surface area is 107 Å². The summed E-state index contributed by atoms with van der Waals surface area (Å²) in [6.07, 6.45) is 4.36. The Kier molecular flexibility index (Phi) is 3.43. The molecule has 1 N–H and O–H groups in total. The maximum atomic E-state index is 4.02. The van der Waals surface area contributed by atoms with E-state index >= 15 is 0 Å². The second-order valence-electron chi connectivity index (χ2n) is 4.21. The first-order valence-corrected chi connectivity index (χ1v) is 6.51. The number of nitrogens with one attached hydrogen (secondary N) is 1. The summed E-state index contributed by atoms with van der Waals surface area (Å²) in [5.74, 6) is 0. The zero-order valence-electron chi connectivity index (χ0n) is 10.3. The summed E-state index contributed by atoms with van der Waals surface area (Å²) in [5.41, 5.74) is 4.63. The molecule has 1 heterocycles. The summed E-state index contributed by atoms with van der Waals surface area (Å²) >= 11 is 1.83. The highest BCUT2D eigenvalue weighted by Crippen LogP contribution is 2.36. The van der Waals surface area contributed by atoms with Crippen molar-refractivity contribution in [3.8, 4) is 0 Å². The van der Waals surface area contributed by atoms with Crippen molar-refractivity contribution in [1.82, 2.24) is 5.32 Å². The molecule has 0 saturated heterocycles. The van der Waals surface area contributed by atoms with Crippen molar-refractivity contribution in [2.24, 2.45) is 0 Å². The van der Waals surface area contributed by atoms with Crippen LogP contribution in [0.1, 0.15) is 18.1 Å². The van der Waals surface area contributed by atoms with Gasteiger partial charge in [-0.1, -0.05) is 36.9 Å². The third kappa shape index (κ3) is 2.47. The predicted molar refractivity (Wildman–Crippen MR) is 78.0 cm³/mol. The first-order chi connectivity index (χ1) is 8.11. The lowest BCUT2D eigenvalue weighted by Crippen LogP contribution is -2.16. The van der Waals surface area contributed by atoms with E-state index in [1.165, 1.54) is 16.0 Å². The molecule has 1 aliphatic rings. The molecule has 1 atom stereocenters. The number of fused-ring (bicyclic) bond motifs is 1. The maximum absolute atomic E-state index is 4.02. The van der Waals surface area contributed by atoms with Gasteiger partial charge in [0.2, 0.25) is 0 Å². The number of allylic oxidation sites excluding steroid dienone is 1. The smallest absolute Gasteiger partial charge is 0.0669 e. The van der Waals surface area contributed by atoms with E-state index in [0.717, 1.165) is 11.3 Å². The van der Waals surface area contributed by atoms with Gasteiger partial charge in [0.15, 0.2) is 0 Å². The van der Waals surface area contributed by atoms with Crippen LogP contribution in [0.2, 0.25) is 0 Å². The van der Waals surface area contributed by atoms with Gasteiger partial charge in [-0.25, -0.2) is 0 Å². The Morgan fingerprint density at radius 1 is 1.35 bits per heavy atom. The van der Waals surface area contributed by atoms with E-state index in [2.05, 4.69) is 48.8 Å². The number of hydrogen-bond acceptors (Lipinski definition) is 2. The first kappa shape index (κ1) is 12.1. The number of hydrogen-bond donors (Lipinski definition) is 1. The lowest BCUT2D eigenvalue weighted by molar-refractivity contribution is 0.955. The fourth-order valence-corrected chi connectivity index (χ4v) is 2.85. The molecule has 0 radical (unpaired) electrons. The van der Waals surface area contributed by atoms with Gasteiger partial charge in [0.05, 0.1) is 5.25 Å². The van der Waals surface area contributed by atoms with Crippen molar-refractivity contribution in [2.45, 2.75) is 17.1 Å². The van der Waals surface area contributed by atoms with Crippen LogP contribution in [0, 0.1) is 0 Å². The first-order valence-electron chi connectivity index (χ1n) is 5.63. The van der Waals surface area contributed by atoms with Crippen LogP contribution in [-0.2, 0) is 0 Å². The predicted octanol–water partition coefficient (Wildman–Crippen LogP) is 3.94. The van der Waals surface area contributed by atoms with Crippen molar-refractivity contribution in [3.05, 3.63) is 54.3 Å². The van der Waals surface area contributed by atoms with E-state index in [1.807, 2.05) is 25.7 Å². The standard InChI is InChI=1S/C15H17NS/c1-10(2)12-5-8-15-13(9-12)6-7-14(17-15)11(3)16-4/h5-9,14,16H,1,3H2,2,4H3. The number of rotatable bonds is 3. The molecule has 0 saturated carbocycles. The van der Waals surface area contributed by atoms with Gasteiger partial charge >= 0.3 is 0 Å². The van der Waals surface area contributed by atoms with Crippen LogP contribution in [0.4, 0.5) is 0 Å². The Hall–Kier alpha value is -1.41. The molecule has 2 rings (SSSR count). The molecule has 1 unspecified atom stereocenters. The van der Waals surface area contributed by atoms with Gasteiger partial charge < -0.3 is 5.32 Å². The summed E-state index contributed by atoms with van der Waals surface area (Å²) in [6, 6.07) is 6.50. The molecule has 0 bridgehead atoms. The van der Waals surface area contributed by atoms with Crippen molar-refractivity contribution < 1.29 is 0 Å². The molecular weight excluding hydrogens is 226 g/mol. The molecule has 1 aromatic rings. The average molecular weight is 243 g/mol. The van der Waals surface area contributed by atoms with Gasteiger partial charge in [-0.2, -0.15) is 0 Å². The quantitative estimate of drug-likeness (QED) is 0.863. The highest BCUT2D eigenvalue weighted by atomic mass is 32.2. The van der Waals surface area contributed by atoms with Crippen LogP contribution in [0.5, 0.6) is 0 Å². The van der Waals surface area contributed by atoms with E-state index in [0.29, 0.717) is 5.25 Å². The van der Waals surface area contributed by atoms with Crippen molar-refractivity contribution in [2.75, 3.05) is 7.05 Å². The zero-order chi connectivity index (χ0) is 12.4. The zero-order valence-corrected chi connectivity index (χ0v) is 11.1. The van der Waals surface area contributed by atoms with E-state index in [4.69, 9.17) is 0 Å². The largest absolute Gasteiger partial charge is 0.391 e. The highest BCUT2D eigenvalue weighted by molar-refractivity contribution is 8.00. The second-order valence-corrected chi connectivity index (χ2v) is 5.39. The molecule has 0 amide bonds. The van der Waals surface area contributed by atoms with Gasteiger partial charge in [-0.15, -0.1) is 11.8 Å². The summed E-state index contributed by atoms with van der Waals surface area (Å²) in [7, 11) is 1.91. The van der Waals surface area contributed by atoms with Crippen LogP contribution >= 0.6 is 11.8 Å². The second kappa shape index (κ2) is 4.84. The molecule has 0 fully saturated rings. The van der Waals surface area contributed by atoms with Crippen LogP contribution in [0.15, 0.2) is 48.0 Å². The molecule has 2 heteroatoms. The Morgan fingerprint density at radius 3 is 2.76 bits per heavy atom. The summed E-state index contributed by atoms with van der Waals surface area (Å²) in [5, 5.41) is 3.44. The number of thioether (sulfide) groups is 1. The molecule has 1 nitrogen and oxygen atoms in total. The van der Waals surface area contributed by atoms with Gasteiger partial charge in [0.25, 0.3) is 0 Å². The fraction of sp³-hybridized carbons (Fsp3) is 0.200. The van der Waals surface area contributed by atoms with Crippen molar-refractivity contribution >= 4 is 23.4 Å². The van der Waals surface area contributed by atoms with Crippen molar-refractivity contribution in [1.29, 1.82) is 0 Å². The molecule has 1 aliphatic heterocycles. The molecular formula is C15H17NS. The minimum absolute atomic E-state index is 0.322. The molecule has 17 heavy (non-hydrogen) atoms.